The third kappa shape index (κ3) is 2.18. The normalized spacial score (nSPS) is 12.5. The number of nitrogens with one attached hydrogen (secondary N) is 1. The zero-order valence-corrected chi connectivity index (χ0v) is 10.1. The monoisotopic (exact) mass is 225 g/mol. The topological polar surface area (TPSA) is 41.6 Å². The van der Waals surface area contributed by atoms with Gasteiger partial charge in [-0.15, -0.1) is 0 Å². The van der Waals surface area contributed by atoms with Crippen LogP contribution in [0.1, 0.15) is 18.3 Å². The summed E-state index contributed by atoms with van der Waals surface area (Å²) in [6.07, 6.45) is 9.56. The lowest BCUT2D eigenvalue weighted by Crippen LogP contribution is -1.86. The molecule has 1 N–H and O–H groups in total. The Bertz CT molecular complexity index is 603. The number of hydrogen-bond acceptors (Lipinski definition) is 2. The van der Waals surface area contributed by atoms with Crippen LogP contribution in [-0.2, 0) is 0 Å². The third-order valence-electron chi connectivity index (χ3n) is 2.62. The number of allylic oxidation sites excluding steroid dienone is 5. The smallest absolute Gasteiger partial charge is 0.0836 e. The molecule has 86 valence electrons. The number of rotatable bonds is 3. The lowest BCUT2D eigenvalue weighted by molar-refractivity contribution is 1.07. The molecule has 2 heterocycles. The second-order valence-electron chi connectivity index (χ2n) is 3.78. The van der Waals surface area contributed by atoms with Gasteiger partial charge in [-0.2, -0.15) is 5.10 Å². The Labute approximate surface area is 101 Å². The first-order chi connectivity index (χ1) is 8.26. The maximum absolute atomic E-state index is 4.40. The van der Waals surface area contributed by atoms with E-state index in [0.717, 1.165) is 27.9 Å². The van der Waals surface area contributed by atoms with Crippen LogP contribution in [0.5, 0.6) is 0 Å². The van der Waals surface area contributed by atoms with E-state index < -0.39 is 0 Å². The summed E-state index contributed by atoms with van der Waals surface area (Å²) in [5.41, 5.74) is 3.86. The minimum atomic E-state index is 0.912. The fourth-order valence-electron chi connectivity index (χ4n) is 1.66. The molecule has 2 aromatic rings. The molecule has 0 spiro atoms. The molecule has 3 heteroatoms. The van der Waals surface area contributed by atoms with E-state index in [4.69, 9.17) is 0 Å². The van der Waals surface area contributed by atoms with Crippen molar-refractivity contribution in [3.63, 3.8) is 0 Å². The van der Waals surface area contributed by atoms with Gasteiger partial charge in [-0.1, -0.05) is 30.9 Å². The second-order valence-corrected chi connectivity index (χ2v) is 3.78. The van der Waals surface area contributed by atoms with Gasteiger partial charge in [-0.3, -0.25) is 10.1 Å². The van der Waals surface area contributed by atoms with E-state index in [0.29, 0.717) is 0 Å². The molecule has 0 fully saturated rings. The summed E-state index contributed by atoms with van der Waals surface area (Å²) >= 11 is 0. The quantitative estimate of drug-likeness (QED) is 0.813. The van der Waals surface area contributed by atoms with Crippen LogP contribution in [0.2, 0.25) is 0 Å². The van der Waals surface area contributed by atoms with Crippen LogP contribution in [0.15, 0.2) is 43.1 Å². The van der Waals surface area contributed by atoms with Crippen molar-refractivity contribution in [1.29, 1.82) is 0 Å². The number of H-pyrrole nitrogens is 1. The van der Waals surface area contributed by atoms with Crippen LogP contribution < -0.4 is 0 Å². The Hall–Kier alpha value is -2.16. The third-order valence-corrected chi connectivity index (χ3v) is 2.62. The molecule has 17 heavy (non-hydrogen) atoms. The van der Waals surface area contributed by atoms with E-state index in [-0.39, 0.29) is 0 Å². The second kappa shape index (κ2) is 4.78. The van der Waals surface area contributed by atoms with Gasteiger partial charge >= 0.3 is 0 Å². The molecule has 0 atom stereocenters. The molecule has 0 aromatic carbocycles. The summed E-state index contributed by atoms with van der Waals surface area (Å²) in [7, 11) is 0. The Kier molecular flexibility index (Phi) is 3.19. The zero-order valence-electron chi connectivity index (χ0n) is 10.1. The molecule has 0 radical (unpaired) electrons. The van der Waals surface area contributed by atoms with Crippen molar-refractivity contribution < 1.29 is 0 Å². The number of fused-ring (bicyclic) bond motifs is 1. The highest BCUT2D eigenvalue weighted by molar-refractivity contribution is 5.85. The van der Waals surface area contributed by atoms with Crippen molar-refractivity contribution in [2.75, 3.05) is 0 Å². The van der Waals surface area contributed by atoms with E-state index in [1.54, 1.807) is 6.20 Å². The molecular formula is C14H15N3. The Balaban J connectivity index is 2.54. The van der Waals surface area contributed by atoms with Gasteiger partial charge in [0, 0.05) is 5.39 Å². The minimum absolute atomic E-state index is 0.912. The first kappa shape index (κ1) is 11.3. The van der Waals surface area contributed by atoms with Crippen molar-refractivity contribution in [2.45, 2.75) is 13.8 Å². The lowest BCUT2D eigenvalue weighted by Gasteiger charge is -2.00. The van der Waals surface area contributed by atoms with Crippen LogP contribution in [0.25, 0.3) is 16.5 Å². The van der Waals surface area contributed by atoms with Crippen LogP contribution in [0.4, 0.5) is 0 Å². The Morgan fingerprint density at radius 3 is 3.00 bits per heavy atom. The highest BCUT2D eigenvalue weighted by Crippen LogP contribution is 2.20. The van der Waals surface area contributed by atoms with E-state index in [1.165, 1.54) is 0 Å². The molecule has 0 saturated heterocycles. The van der Waals surface area contributed by atoms with Gasteiger partial charge < -0.3 is 0 Å². The predicted octanol–water partition coefficient (Wildman–Crippen LogP) is 3.41. The largest absolute Gasteiger partial charge is 0.276 e. The predicted molar refractivity (Wildman–Crippen MR) is 71.6 cm³/mol. The van der Waals surface area contributed by atoms with E-state index >= 15 is 0 Å². The van der Waals surface area contributed by atoms with Gasteiger partial charge in [-0.25, -0.2) is 0 Å². The average Bonchev–Trinajstić information content (AvgIpc) is 2.72. The van der Waals surface area contributed by atoms with Gasteiger partial charge in [0.1, 0.15) is 0 Å². The lowest BCUT2D eigenvalue weighted by atomic mass is 10.1. The summed E-state index contributed by atoms with van der Waals surface area (Å²) < 4.78 is 0. The maximum Gasteiger partial charge on any atom is 0.0836 e. The first-order valence-corrected chi connectivity index (χ1v) is 5.52. The van der Waals surface area contributed by atoms with Gasteiger partial charge in [0.2, 0.25) is 0 Å². The molecule has 0 saturated carbocycles. The maximum atomic E-state index is 4.40. The molecule has 2 rings (SSSR count). The number of aromatic nitrogens is 3. The molecule has 3 nitrogen and oxygen atoms in total. The molecule has 0 bridgehead atoms. The Morgan fingerprint density at radius 2 is 2.29 bits per heavy atom. The van der Waals surface area contributed by atoms with E-state index in [1.807, 2.05) is 44.2 Å². The molecule has 0 aliphatic heterocycles. The van der Waals surface area contributed by atoms with Crippen molar-refractivity contribution in [2.24, 2.45) is 0 Å². The zero-order chi connectivity index (χ0) is 12.3. The molecular weight excluding hydrogens is 210 g/mol. The molecule has 2 aromatic heterocycles. The van der Waals surface area contributed by atoms with Crippen molar-refractivity contribution in [1.82, 2.24) is 15.2 Å². The molecule has 0 aliphatic rings. The molecule has 0 unspecified atom stereocenters. The fraction of sp³-hybridized carbons (Fsp3) is 0.143. The molecule has 0 amide bonds. The molecule has 0 aliphatic carbocycles. The van der Waals surface area contributed by atoms with Gasteiger partial charge in [0.05, 0.1) is 23.1 Å². The van der Waals surface area contributed by atoms with Gasteiger partial charge in [0.15, 0.2) is 0 Å². The van der Waals surface area contributed by atoms with E-state index in [2.05, 4.69) is 21.8 Å². The summed E-state index contributed by atoms with van der Waals surface area (Å²) in [5.74, 6) is 0. The number of hydrogen-bond donors (Lipinski definition) is 1. The summed E-state index contributed by atoms with van der Waals surface area (Å²) in [5, 5.41) is 8.20. The number of nitrogens with zero attached hydrogens (tertiary/aromatic N) is 2. The van der Waals surface area contributed by atoms with Crippen molar-refractivity contribution in [3.05, 3.63) is 54.5 Å². The Morgan fingerprint density at radius 1 is 1.47 bits per heavy atom. The minimum Gasteiger partial charge on any atom is -0.276 e. The number of pyridine rings is 1. The van der Waals surface area contributed by atoms with Crippen molar-refractivity contribution in [3.8, 4) is 0 Å². The van der Waals surface area contributed by atoms with Gasteiger partial charge in [0.25, 0.3) is 0 Å². The van der Waals surface area contributed by atoms with Crippen LogP contribution in [0.3, 0.4) is 0 Å². The first-order valence-electron chi connectivity index (χ1n) is 5.52. The van der Waals surface area contributed by atoms with Crippen LogP contribution in [0, 0.1) is 6.92 Å². The van der Waals surface area contributed by atoms with E-state index in [9.17, 15) is 0 Å². The van der Waals surface area contributed by atoms with Crippen LogP contribution >= 0.6 is 0 Å². The SMILES string of the molecule is C=C/C(=C\C=C/C)c1cc2c(C)n[nH]c2cn1. The van der Waals surface area contributed by atoms with Crippen molar-refractivity contribution >= 4 is 16.5 Å². The van der Waals surface area contributed by atoms with Gasteiger partial charge in [-0.05, 0) is 25.5 Å². The average molecular weight is 225 g/mol. The summed E-state index contributed by atoms with van der Waals surface area (Å²) in [6, 6.07) is 2.03. The summed E-state index contributed by atoms with van der Waals surface area (Å²) in [6.45, 7) is 7.77. The number of aromatic amines is 1. The van der Waals surface area contributed by atoms with Crippen LogP contribution in [-0.4, -0.2) is 15.2 Å². The fourth-order valence-corrected chi connectivity index (χ4v) is 1.66. The number of aryl methyl sites for hydroxylation is 1. The highest BCUT2D eigenvalue weighted by atomic mass is 15.1. The summed E-state index contributed by atoms with van der Waals surface area (Å²) in [4.78, 5) is 4.40. The standard InChI is InChI=1S/C14H15N3/c1-4-6-7-11(5-2)13-8-12-10(3)16-17-14(12)9-15-13/h4-9H,2H2,1,3H3,(H,16,17)/b6-4-,11-7+. The highest BCUT2D eigenvalue weighted by Gasteiger charge is 2.05.